The van der Waals surface area contributed by atoms with Crippen LogP contribution in [0.25, 0.3) is 0 Å². The van der Waals surface area contributed by atoms with Crippen molar-refractivity contribution < 1.29 is 38.8 Å². The number of ketones is 2. The van der Waals surface area contributed by atoms with E-state index in [4.69, 9.17) is 4.74 Å². The van der Waals surface area contributed by atoms with E-state index >= 15 is 4.39 Å². The molecule has 0 saturated heterocycles. The Kier molecular flexibility index (Phi) is 9.96. The van der Waals surface area contributed by atoms with Crippen LogP contribution in [0.1, 0.15) is 93.4 Å². The lowest BCUT2D eigenvalue weighted by Crippen LogP contribution is -2.70. The number of hydrogen-bond donors (Lipinski definition) is 3. The Balaban J connectivity index is 1.57. The molecule has 0 bridgehead atoms. The highest BCUT2D eigenvalue weighted by atomic mass is 19.1. The number of halogens is 1. The summed E-state index contributed by atoms with van der Waals surface area (Å²) in [7, 11) is 0. The quantitative estimate of drug-likeness (QED) is 0.193. The molecule has 49 heavy (non-hydrogen) atoms. The summed E-state index contributed by atoms with van der Waals surface area (Å²) in [6.07, 6.45) is 15.8. The zero-order valence-corrected chi connectivity index (χ0v) is 30.0. The summed E-state index contributed by atoms with van der Waals surface area (Å²) in [5.74, 6) is -3.23. The lowest BCUT2D eigenvalue weighted by molar-refractivity contribution is -0.235. The Labute approximate surface area is 290 Å². The van der Waals surface area contributed by atoms with E-state index in [1.54, 1.807) is 19.9 Å². The van der Waals surface area contributed by atoms with Gasteiger partial charge in [0.05, 0.1) is 11.5 Å². The molecule has 5 aliphatic rings. The van der Waals surface area contributed by atoms with Gasteiger partial charge in [0.1, 0.15) is 12.7 Å². The number of carbonyl (C=O) groups is 3. The van der Waals surface area contributed by atoms with Crippen molar-refractivity contribution in [1.29, 1.82) is 0 Å². The maximum absolute atomic E-state index is 18.7. The third-order valence-corrected chi connectivity index (χ3v) is 13.1. The molecule has 0 aromatic carbocycles. The Morgan fingerprint density at radius 3 is 2.49 bits per heavy atom. The molecule has 0 aromatic heterocycles. The van der Waals surface area contributed by atoms with E-state index in [0.29, 0.717) is 18.4 Å². The van der Waals surface area contributed by atoms with Crippen LogP contribution in [0.4, 0.5) is 4.39 Å². The molecule has 7 nitrogen and oxygen atoms in total. The van der Waals surface area contributed by atoms with Gasteiger partial charge in [-0.1, -0.05) is 71.7 Å². The lowest BCUT2D eigenvalue weighted by atomic mass is 9.44. The van der Waals surface area contributed by atoms with E-state index in [9.17, 15) is 29.7 Å². The standard InChI is InChI=1S/C41H53FO7/c1-8-25(2)11-9-12-26(3)14-16-30-27(4)13-10-19-37(30,5)36(47)49-35-23-39(7)32(22-33(45)41(39,48)34(46)24-43)31-17-15-28-21-29(44)18-20-38(28,6)40(31,35)42/h8-9,11-12,14,16,18,20-21,31-33,35,43,45,48H,10,13,15,17,19,22-24H2,1-7H3/b11-9+,16-14+,25-8+,26-12+/t31-,32-,33+,35-,37?,38-,39-,40-,41-/m0/s1. The fraction of sp³-hybridized carbons (Fsp3) is 0.585. The number of aliphatic hydroxyl groups excluding tert-OH is 2. The molecule has 1 unspecified atom stereocenters. The van der Waals surface area contributed by atoms with Crippen molar-refractivity contribution in [3.05, 3.63) is 82.5 Å². The minimum absolute atomic E-state index is 0.0432. The van der Waals surface area contributed by atoms with Gasteiger partial charge in [-0.3, -0.25) is 14.4 Å². The molecule has 8 heteroatoms. The first-order valence-corrected chi connectivity index (χ1v) is 17.7. The number of Topliss-reactive ketones (excluding diaryl/α,β-unsaturated/α-hetero) is 1. The Hall–Kier alpha value is -3.20. The third kappa shape index (κ3) is 5.62. The molecule has 0 aliphatic heterocycles. The number of carbonyl (C=O) groups excluding carboxylic acids is 3. The highest BCUT2D eigenvalue weighted by molar-refractivity contribution is 6.01. The van der Waals surface area contributed by atoms with Gasteiger partial charge < -0.3 is 20.1 Å². The second-order valence-corrected chi connectivity index (χ2v) is 15.8. The van der Waals surface area contributed by atoms with Crippen LogP contribution in [0.2, 0.25) is 0 Å². The van der Waals surface area contributed by atoms with Crippen LogP contribution in [-0.4, -0.2) is 62.9 Å². The number of aliphatic hydroxyl groups is 3. The van der Waals surface area contributed by atoms with E-state index < -0.39 is 69.9 Å². The Morgan fingerprint density at radius 1 is 1.10 bits per heavy atom. The molecule has 266 valence electrons. The molecule has 9 atom stereocenters. The second kappa shape index (κ2) is 13.2. The monoisotopic (exact) mass is 676 g/mol. The zero-order chi connectivity index (χ0) is 36.2. The predicted octanol–water partition coefficient (Wildman–Crippen LogP) is 6.70. The van der Waals surface area contributed by atoms with E-state index in [1.807, 2.05) is 71.1 Å². The van der Waals surface area contributed by atoms with Crippen LogP contribution in [0.3, 0.4) is 0 Å². The maximum Gasteiger partial charge on any atom is 0.316 e. The van der Waals surface area contributed by atoms with Crippen LogP contribution in [0, 0.1) is 28.1 Å². The van der Waals surface area contributed by atoms with Crippen molar-refractivity contribution in [2.75, 3.05) is 6.61 Å². The molecule has 5 aliphatic carbocycles. The third-order valence-electron chi connectivity index (χ3n) is 13.1. The number of hydrogen-bond acceptors (Lipinski definition) is 7. The minimum atomic E-state index is -2.35. The smallest absolute Gasteiger partial charge is 0.316 e. The number of fused-ring (bicyclic) bond motifs is 5. The second-order valence-electron chi connectivity index (χ2n) is 15.8. The molecule has 3 N–H and O–H groups in total. The lowest BCUT2D eigenvalue weighted by Gasteiger charge is -2.63. The van der Waals surface area contributed by atoms with Gasteiger partial charge in [0.15, 0.2) is 22.8 Å². The SMILES string of the molecule is C/C=C(C)/C=C/C=C(C)/C=C/C1=C(C)CCCC1(C)C(=O)O[C@H]1C[C@@]2(C)[C@@H](C[C@@H](O)[C@]2(O)C(=O)CO)[C@@H]2CCC3=CC(=O)C=C[C@]3(C)[C@@]12F. The molecular formula is C41H53FO7. The van der Waals surface area contributed by atoms with E-state index in [1.165, 1.54) is 12.2 Å². The summed E-state index contributed by atoms with van der Waals surface area (Å²) in [5.41, 5.74) is -3.75. The van der Waals surface area contributed by atoms with Gasteiger partial charge in [-0.05, 0) is 110 Å². The van der Waals surface area contributed by atoms with E-state index in [2.05, 4.69) is 0 Å². The fourth-order valence-corrected chi connectivity index (χ4v) is 9.90. The van der Waals surface area contributed by atoms with E-state index in [0.717, 1.165) is 35.1 Å². The minimum Gasteiger partial charge on any atom is -0.458 e. The Bertz CT molecular complexity index is 1630. The van der Waals surface area contributed by atoms with E-state index in [-0.39, 0.29) is 25.0 Å². The summed E-state index contributed by atoms with van der Waals surface area (Å²) < 4.78 is 25.1. The maximum atomic E-state index is 18.7. The van der Waals surface area contributed by atoms with Crippen LogP contribution < -0.4 is 0 Å². The molecule has 3 saturated carbocycles. The number of esters is 1. The van der Waals surface area contributed by atoms with Gasteiger partial charge in [0.2, 0.25) is 0 Å². The predicted molar refractivity (Wildman–Crippen MR) is 187 cm³/mol. The summed E-state index contributed by atoms with van der Waals surface area (Å²) in [6.45, 7) is 12.2. The fourth-order valence-electron chi connectivity index (χ4n) is 9.90. The summed E-state index contributed by atoms with van der Waals surface area (Å²) in [6, 6.07) is 0. The van der Waals surface area contributed by atoms with Gasteiger partial charge in [-0.25, -0.2) is 4.39 Å². The summed E-state index contributed by atoms with van der Waals surface area (Å²) in [5, 5.41) is 33.0. The average Bonchev–Trinajstić information content (AvgIpc) is 3.26. The van der Waals surface area contributed by atoms with Crippen LogP contribution in [-0.2, 0) is 19.1 Å². The molecule has 0 spiro atoms. The molecular weight excluding hydrogens is 623 g/mol. The zero-order valence-electron chi connectivity index (χ0n) is 30.0. The highest BCUT2D eigenvalue weighted by Crippen LogP contribution is 2.70. The molecule has 0 heterocycles. The molecule has 0 amide bonds. The van der Waals surface area contributed by atoms with Gasteiger partial charge in [-0.2, -0.15) is 0 Å². The summed E-state index contributed by atoms with van der Waals surface area (Å²) >= 11 is 0. The van der Waals surface area contributed by atoms with Crippen molar-refractivity contribution in [2.45, 2.75) is 117 Å². The van der Waals surface area contributed by atoms with Crippen LogP contribution in [0.5, 0.6) is 0 Å². The first-order chi connectivity index (χ1) is 22.9. The largest absolute Gasteiger partial charge is 0.458 e. The topological polar surface area (TPSA) is 121 Å². The molecule has 3 fully saturated rings. The van der Waals surface area contributed by atoms with Crippen molar-refractivity contribution in [3.63, 3.8) is 0 Å². The van der Waals surface area contributed by atoms with Crippen molar-refractivity contribution >= 4 is 17.5 Å². The van der Waals surface area contributed by atoms with Gasteiger partial charge in [0, 0.05) is 16.7 Å². The van der Waals surface area contributed by atoms with Crippen molar-refractivity contribution in [3.8, 4) is 0 Å². The first kappa shape index (κ1) is 37.1. The summed E-state index contributed by atoms with van der Waals surface area (Å²) in [4.78, 5) is 40.3. The van der Waals surface area contributed by atoms with Crippen molar-refractivity contribution in [1.82, 2.24) is 0 Å². The normalized spacial score (nSPS) is 41.1. The number of rotatable bonds is 8. The van der Waals surface area contributed by atoms with Gasteiger partial charge in [0.25, 0.3) is 0 Å². The van der Waals surface area contributed by atoms with Crippen molar-refractivity contribution in [2.24, 2.45) is 28.1 Å². The Morgan fingerprint density at radius 2 is 1.82 bits per heavy atom. The number of allylic oxidation sites excluding steroid dienone is 13. The highest BCUT2D eigenvalue weighted by Gasteiger charge is 2.77. The number of ether oxygens (including phenoxy) is 1. The number of alkyl halides is 1. The average molecular weight is 677 g/mol. The molecule has 5 rings (SSSR count). The van der Waals surface area contributed by atoms with Crippen LogP contribution in [0.15, 0.2) is 82.5 Å². The van der Waals surface area contributed by atoms with Gasteiger partial charge >= 0.3 is 5.97 Å². The first-order valence-electron chi connectivity index (χ1n) is 17.7. The van der Waals surface area contributed by atoms with Gasteiger partial charge in [-0.15, -0.1) is 0 Å². The molecule has 0 aromatic rings. The van der Waals surface area contributed by atoms with Crippen LogP contribution >= 0.6 is 0 Å². The molecule has 0 radical (unpaired) electrons.